The molecule has 0 radical (unpaired) electrons. The molecular weight excluding hydrogens is 574 g/mol. The molecule has 0 spiro atoms. The van der Waals surface area contributed by atoms with E-state index in [2.05, 4.69) is 15.1 Å². The number of hydrogen-bond donors (Lipinski definition) is 0. The number of pyridine rings is 1. The van der Waals surface area contributed by atoms with E-state index >= 15 is 0 Å². The number of amides is 1. The minimum absolute atomic E-state index is 0.0266. The number of rotatable bonds is 7. The minimum Gasteiger partial charge on any atom is -0.332 e. The van der Waals surface area contributed by atoms with Gasteiger partial charge in [-0.2, -0.15) is 26.9 Å². The second-order valence-corrected chi connectivity index (χ2v) is 13.4. The summed E-state index contributed by atoms with van der Waals surface area (Å²) in [5.41, 5.74) is -1.66. The summed E-state index contributed by atoms with van der Waals surface area (Å²) >= 11 is 0. The fourth-order valence-corrected chi connectivity index (χ4v) is 7.88. The van der Waals surface area contributed by atoms with Crippen LogP contribution in [0.1, 0.15) is 81.9 Å². The number of alkyl halides is 6. The number of carbonyl (C=O) groups excluding carboxylic acids is 1. The number of anilines is 1. The quantitative estimate of drug-likeness (QED) is 0.258. The van der Waals surface area contributed by atoms with Crippen molar-refractivity contribution in [3.8, 4) is 11.4 Å². The van der Waals surface area contributed by atoms with E-state index < -0.39 is 34.6 Å². The highest BCUT2D eigenvalue weighted by Gasteiger charge is 2.73. The van der Waals surface area contributed by atoms with Gasteiger partial charge in [-0.15, -0.1) is 0 Å². The molecule has 0 N–H and O–H groups in total. The Bertz CT molecular complexity index is 1530. The number of halogens is 6. The Morgan fingerprint density at radius 2 is 1.65 bits per heavy atom. The SMILES string of the molecule is CC(F)(F)c1nc(-c2cccc(N(CC34CCC(c5ccc(C(F)(F)F)cn5)(CC3)CC4)C(=O)C34CC(F)(C3)C4)c2)no1. The van der Waals surface area contributed by atoms with Gasteiger partial charge in [0.05, 0.1) is 11.0 Å². The molecular formula is C31H30F6N4O2. The second-order valence-electron chi connectivity index (χ2n) is 13.4. The zero-order chi connectivity index (χ0) is 30.5. The van der Waals surface area contributed by atoms with Crippen LogP contribution in [0.3, 0.4) is 0 Å². The Hall–Kier alpha value is -3.44. The monoisotopic (exact) mass is 604 g/mol. The number of nitrogens with zero attached hydrogens (tertiary/aromatic N) is 4. The highest BCUT2D eigenvalue weighted by atomic mass is 19.4. The Balaban J connectivity index is 1.15. The topological polar surface area (TPSA) is 72.1 Å². The molecule has 6 fully saturated rings. The average Bonchev–Trinajstić information content (AvgIpc) is 3.46. The van der Waals surface area contributed by atoms with Crippen LogP contribution in [0.5, 0.6) is 0 Å². The fraction of sp³-hybridized carbons (Fsp3) is 0.548. The van der Waals surface area contributed by atoms with Crippen molar-refractivity contribution < 1.29 is 35.7 Å². The third kappa shape index (κ3) is 4.63. The van der Waals surface area contributed by atoms with E-state index in [1.165, 1.54) is 6.07 Å². The van der Waals surface area contributed by atoms with Gasteiger partial charge in [0.15, 0.2) is 0 Å². The van der Waals surface area contributed by atoms with Gasteiger partial charge in [-0.05, 0) is 87.5 Å². The molecule has 3 aromatic rings. The summed E-state index contributed by atoms with van der Waals surface area (Å²) in [6.07, 6.45) is 1.56. The summed E-state index contributed by atoms with van der Waals surface area (Å²) in [7, 11) is 0. The number of benzene rings is 1. The summed E-state index contributed by atoms with van der Waals surface area (Å²) in [4.78, 5) is 23.9. The lowest BCUT2D eigenvalue weighted by Gasteiger charge is -2.65. The minimum atomic E-state index is -4.44. The van der Waals surface area contributed by atoms with Crippen molar-refractivity contribution in [2.45, 2.75) is 87.9 Å². The lowest BCUT2D eigenvalue weighted by Crippen LogP contribution is -2.71. The Morgan fingerprint density at radius 1 is 0.977 bits per heavy atom. The molecule has 6 saturated carbocycles. The molecule has 0 saturated heterocycles. The molecule has 6 aliphatic carbocycles. The van der Waals surface area contributed by atoms with Crippen molar-refractivity contribution in [3.63, 3.8) is 0 Å². The number of hydrogen-bond acceptors (Lipinski definition) is 5. The molecule has 6 aliphatic rings. The predicted octanol–water partition coefficient (Wildman–Crippen LogP) is 7.78. The van der Waals surface area contributed by atoms with Crippen LogP contribution in [-0.4, -0.2) is 33.2 Å². The van der Waals surface area contributed by atoms with Gasteiger partial charge in [-0.25, -0.2) is 4.39 Å². The van der Waals surface area contributed by atoms with E-state index in [4.69, 9.17) is 4.52 Å². The molecule has 43 heavy (non-hydrogen) atoms. The van der Waals surface area contributed by atoms with E-state index in [-0.39, 0.29) is 41.8 Å². The van der Waals surface area contributed by atoms with Crippen LogP contribution in [0.25, 0.3) is 11.4 Å². The van der Waals surface area contributed by atoms with Crippen molar-refractivity contribution in [1.82, 2.24) is 15.1 Å². The van der Waals surface area contributed by atoms with Gasteiger partial charge in [0, 0.05) is 42.0 Å². The molecule has 6 nitrogen and oxygen atoms in total. The van der Waals surface area contributed by atoms with Gasteiger partial charge in [-0.1, -0.05) is 17.3 Å². The summed E-state index contributed by atoms with van der Waals surface area (Å²) in [5.74, 6) is -4.28. The fourth-order valence-electron chi connectivity index (χ4n) is 7.88. The number of aromatic nitrogens is 3. The highest BCUT2D eigenvalue weighted by molar-refractivity contribution is 6.00. The first-order valence-corrected chi connectivity index (χ1v) is 14.5. The molecule has 1 amide bonds. The maximum atomic E-state index is 14.5. The Kier molecular flexibility index (Phi) is 5.96. The van der Waals surface area contributed by atoms with Crippen LogP contribution in [-0.2, 0) is 22.3 Å². The first-order valence-electron chi connectivity index (χ1n) is 14.5. The van der Waals surface area contributed by atoms with E-state index in [0.717, 1.165) is 50.8 Å². The molecule has 2 aromatic heterocycles. The van der Waals surface area contributed by atoms with E-state index in [1.54, 1.807) is 29.2 Å². The molecule has 0 aliphatic heterocycles. The standard InChI is InChI=1S/C31H30F6N4O2/c1-26(32,33)24-39-23(40-43-24)19-3-2-4-21(13-19)41(25(42)29-15-30(34,16-29)17-29)18-27-7-10-28(11-8-27,12-9-27)22-6-5-20(14-38-22)31(35,36)37/h2-6,13-14H,7-12,15-18H2,1H3. The van der Waals surface area contributed by atoms with Gasteiger partial charge in [0.25, 0.3) is 5.89 Å². The molecule has 9 rings (SSSR count). The maximum absolute atomic E-state index is 14.5. The zero-order valence-electron chi connectivity index (χ0n) is 23.5. The van der Waals surface area contributed by atoms with Crippen molar-refractivity contribution in [3.05, 3.63) is 59.7 Å². The Labute approximate surface area is 243 Å². The average molecular weight is 605 g/mol. The zero-order valence-corrected chi connectivity index (χ0v) is 23.5. The second kappa shape index (κ2) is 9.04. The Morgan fingerprint density at radius 3 is 2.19 bits per heavy atom. The normalized spacial score (nSPS) is 31.3. The van der Waals surface area contributed by atoms with Crippen molar-refractivity contribution >= 4 is 11.6 Å². The molecule has 12 heteroatoms. The van der Waals surface area contributed by atoms with E-state index in [9.17, 15) is 31.1 Å². The molecule has 1 aromatic carbocycles. The summed E-state index contributed by atoms with van der Waals surface area (Å²) in [6, 6.07) is 9.38. The van der Waals surface area contributed by atoms with Crippen LogP contribution in [0, 0.1) is 10.8 Å². The van der Waals surface area contributed by atoms with E-state index in [1.807, 2.05) is 0 Å². The number of fused-ring (bicyclic) bond motifs is 3. The summed E-state index contributed by atoms with van der Waals surface area (Å²) in [6.45, 7) is 1.07. The lowest BCUT2D eigenvalue weighted by atomic mass is 9.41. The smallest absolute Gasteiger partial charge is 0.332 e. The third-order valence-electron chi connectivity index (χ3n) is 10.4. The molecule has 2 heterocycles. The summed E-state index contributed by atoms with van der Waals surface area (Å²) in [5, 5.41) is 3.71. The highest BCUT2D eigenvalue weighted by Crippen LogP contribution is 2.70. The summed E-state index contributed by atoms with van der Waals surface area (Å²) < 4.78 is 86.0. The maximum Gasteiger partial charge on any atom is 0.417 e. The molecule has 0 atom stereocenters. The largest absolute Gasteiger partial charge is 0.417 e. The van der Waals surface area contributed by atoms with Gasteiger partial charge in [0.1, 0.15) is 5.67 Å². The van der Waals surface area contributed by atoms with Gasteiger partial charge in [-0.3, -0.25) is 9.78 Å². The lowest BCUT2D eigenvalue weighted by molar-refractivity contribution is -0.211. The molecule has 0 unspecified atom stereocenters. The predicted molar refractivity (Wildman–Crippen MR) is 143 cm³/mol. The first kappa shape index (κ1) is 28.3. The van der Waals surface area contributed by atoms with Crippen molar-refractivity contribution in [2.75, 3.05) is 11.4 Å². The van der Waals surface area contributed by atoms with Crippen LogP contribution < -0.4 is 4.90 Å². The van der Waals surface area contributed by atoms with Crippen LogP contribution in [0.2, 0.25) is 0 Å². The van der Waals surface area contributed by atoms with Crippen LogP contribution >= 0.6 is 0 Å². The van der Waals surface area contributed by atoms with Crippen molar-refractivity contribution in [1.29, 1.82) is 0 Å². The van der Waals surface area contributed by atoms with Gasteiger partial charge >= 0.3 is 12.1 Å². The van der Waals surface area contributed by atoms with Crippen LogP contribution in [0.4, 0.5) is 32.0 Å². The van der Waals surface area contributed by atoms with Gasteiger partial charge in [0.2, 0.25) is 11.7 Å². The molecule has 228 valence electrons. The third-order valence-corrected chi connectivity index (χ3v) is 10.4. The molecule has 4 bridgehead atoms. The first-order chi connectivity index (χ1) is 20.1. The van der Waals surface area contributed by atoms with E-state index in [0.29, 0.717) is 30.4 Å². The number of carbonyl (C=O) groups is 1. The van der Waals surface area contributed by atoms with Crippen molar-refractivity contribution in [2.24, 2.45) is 10.8 Å². The van der Waals surface area contributed by atoms with Gasteiger partial charge < -0.3 is 9.42 Å². The van der Waals surface area contributed by atoms with Crippen LogP contribution in [0.15, 0.2) is 47.1 Å².